The Hall–Kier alpha value is -9.05. The average Bonchev–Trinajstić information content (AvgIpc) is 4.05. The van der Waals surface area contributed by atoms with Gasteiger partial charge in [-0.3, -0.25) is 0 Å². The van der Waals surface area contributed by atoms with Gasteiger partial charge in [-0.25, -0.2) is 9.97 Å². The van der Waals surface area contributed by atoms with Crippen LogP contribution < -0.4 is 0 Å². The highest BCUT2D eigenvalue weighted by Gasteiger charge is 2.26. The fraction of sp³-hybridized carbons (Fsp3) is 0. The molecule has 6 nitrogen and oxygen atoms in total. The zero-order chi connectivity index (χ0) is 43.0. The number of para-hydroxylation sites is 3. The van der Waals surface area contributed by atoms with E-state index in [1.54, 1.807) is 0 Å². The molecule has 0 spiro atoms. The summed E-state index contributed by atoms with van der Waals surface area (Å²) in [4.78, 5) is 10.5. The fourth-order valence-electron chi connectivity index (χ4n) is 9.97. The third kappa shape index (κ3) is 5.59. The van der Waals surface area contributed by atoms with Gasteiger partial charge in [0.05, 0.1) is 39.1 Å². The molecule has 0 fully saturated rings. The molecule has 0 amide bonds. The summed E-state index contributed by atoms with van der Waals surface area (Å²) in [6, 6.07) is 76.0. The second kappa shape index (κ2) is 14.5. The summed E-state index contributed by atoms with van der Waals surface area (Å²) in [5.41, 5.74) is 14.3. The van der Waals surface area contributed by atoms with Crippen LogP contribution in [0.25, 0.3) is 122 Å². The van der Waals surface area contributed by atoms with E-state index >= 15 is 0 Å². The van der Waals surface area contributed by atoms with Crippen LogP contribution in [0.15, 0.2) is 217 Å². The summed E-state index contributed by atoms with van der Waals surface area (Å²) < 4.78 is 11.8. The molecule has 65 heavy (non-hydrogen) atoms. The van der Waals surface area contributed by atoms with Gasteiger partial charge in [-0.2, -0.15) is 5.26 Å². The van der Waals surface area contributed by atoms with Gasteiger partial charge in [-0.05, 0) is 71.8 Å². The highest BCUT2D eigenvalue weighted by molar-refractivity contribution is 6.29. The van der Waals surface area contributed by atoms with E-state index in [4.69, 9.17) is 14.4 Å². The number of aromatic nitrogens is 4. The van der Waals surface area contributed by atoms with Crippen LogP contribution in [0.1, 0.15) is 5.56 Å². The van der Waals surface area contributed by atoms with Crippen molar-refractivity contribution in [3.05, 3.63) is 218 Å². The van der Waals surface area contributed by atoms with Crippen molar-refractivity contribution in [1.29, 1.82) is 5.26 Å². The van der Waals surface area contributed by atoms with Crippen molar-refractivity contribution in [3.63, 3.8) is 0 Å². The first-order valence-corrected chi connectivity index (χ1v) is 21.7. The van der Waals surface area contributed by atoms with E-state index in [1.165, 1.54) is 16.2 Å². The molecule has 302 valence electrons. The van der Waals surface area contributed by atoms with E-state index in [0.717, 1.165) is 88.6 Å². The summed E-state index contributed by atoms with van der Waals surface area (Å²) >= 11 is 0. The number of nitrogens with zero attached hydrogens (tertiary/aromatic N) is 5. The van der Waals surface area contributed by atoms with Crippen molar-refractivity contribution in [3.8, 4) is 62.5 Å². The molecule has 0 radical (unpaired) electrons. The van der Waals surface area contributed by atoms with Gasteiger partial charge in [-0.1, -0.05) is 152 Å². The molecule has 4 aromatic heterocycles. The molecule has 6 heteroatoms. The minimum Gasteiger partial charge on any atom is -0.454 e. The normalized spacial score (nSPS) is 11.7. The Morgan fingerprint density at radius 2 is 0.954 bits per heavy atom. The van der Waals surface area contributed by atoms with Gasteiger partial charge in [0.15, 0.2) is 11.4 Å². The van der Waals surface area contributed by atoms with Crippen molar-refractivity contribution in [2.45, 2.75) is 0 Å². The fourth-order valence-corrected chi connectivity index (χ4v) is 9.97. The van der Waals surface area contributed by atoms with Crippen LogP contribution in [0.2, 0.25) is 0 Å². The van der Waals surface area contributed by atoms with Crippen molar-refractivity contribution >= 4 is 65.6 Å². The molecule has 0 atom stereocenters. The van der Waals surface area contributed by atoms with Crippen molar-refractivity contribution in [2.75, 3.05) is 0 Å². The predicted molar refractivity (Wildman–Crippen MR) is 264 cm³/mol. The maximum atomic E-state index is 10.7. The van der Waals surface area contributed by atoms with E-state index < -0.39 is 0 Å². The van der Waals surface area contributed by atoms with Gasteiger partial charge in [-0.15, -0.1) is 0 Å². The minimum atomic E-state index is 0.427. The van der Waals surface area contributed by atoms with Gasteiger partial charge < -0.3 is 13.6 Å². The molecule has 0 N–H and O–H groups in total. The number of fused-ring (bicyclic) bond motifs is 10. The van der Waals surface area contributed by atoms with E-state index in [-0.39, 0.29) is 0 Å². The number of rotatable bonds is 6. The number of furan rings is 1. The lowest BCUT2D eigenvalue weighted by atomic mass is 9.99. The van der Waals surface area contributed by atoms with Crippen LogP contribution in [0.4, 0.5) is 0 Å². The number of benzene rings is 9. The van der Waals surface area contributed by atoms with Crippen LogP contribution in [0.3, 0.4) is 0 Å². The molecule has 0 aliphatic heterocycles. The number of hydrogen-bond acceptors (Lipinski definition) is 4. The molecule has 0 aliphatic carbocycles. The highest BCUT2D eigenvalue weighted by Crippen LogP contribution is 2.46. The smallest absolute Gasteiger partial charge is 0.161 e. The van der Waals surface area contributed by atoms with Gasteiger partial charge in [0, 0.05) is 54.7 Å². The monoisotopic (exact) mass is 829 g/mol. The third-order valence-electron chi connectivity index (χ3n) is 12.8. The van der Waals surface area contributed by atoms with Crippen molar-refractivity contribution < 1.29 is 4.42 Å². The second-order valence-electron chi connectivity index (χ2n) is 16.4. The third-order valence-corrected chi connectivity index (χ3v) is 12.8. The number of hydrogen-bond donors (Lipinski definition) is 0. The van der Waals surface area contributed by atoms with Crippen LogP contribution in [0, 0.1) is 11.3 Å². The maximum absolute atomic E-state index is 10.7. The van der Waals surface area contributed by atoms with Crippen LogP contribution in [-0.4, -0.2) is 19.1 Å². The first-order chi connectivity index (χ1) is 32.2. The Kier molecular flexibility index (Phi) is 8.17. The van der Waals surface area contributed by atoms with Crippen molar-refractivity contribution in [1.82, 2.24) is 19.1 Å². The first-order valence-electron chi connectivity index (χ1n) is 21.7. The molecule has 9 aromatic carbocycles. The van der Waals surface area contributed by atoms with Crippen molar-refractivity contribution in [2.24, 2.45) is 0 Å². The molecule has 13 aromatic rings. The molecule has 13 rings (SSSR count). The van der Waals surface area contributed by atoms with E-state index in [1.807, 2.05) is 78.9 Å². The summed E-state index contributed by atoms with van der Waals surface area (Å²) in [5, 5.41) is 17.2. The van der Waals surface area contributed by atoms with Crippen LogP contribution in [-0.2, 0) is 0 Å². The number of nitriles is 1. The highest BCUT2D eigenvalue weighted by atomic mass is 16.3. The standard InChI is InChI=1S/C59H35N5O/c60-36-46-56(38-19-7-2-8-20-38)61-59(62-57(46)39-21-9-3-10-22-39)44-30-32-51(58-53(44)43-26-14-16-28-52(43)65-58)64-48-31-29-40(37-17-5-1-6-18-37)35-45(48)55-50(64)34-33-49-54(55)42-25-13-15-27-47(42)63(49)41-23-11-4-12-24-41/h1-35H. The zero-order valence-electron chi connectivity index (χ0n) is 34.9. The van der Waals surface area contributed by atoms with Crippen LogP contribution >= 0.6 is 0 Å². The van der Waals surface area contributed by atoms with Gasteiger partial charge in [0.2, 0.25) is 0 Å². The average molecular weight is 830 g/mol. The molecular weight excluding hydrogens is 795 g/mol. The Morgan fingerprint density at radius 1 is 0.415 bits per heavy atom. The largest absolute Gasteiger partial charge is 0.454 e. The Balaban J connectivity index is 1.14. The lowest BCUT2D eigenvalue weighted by Crippen LogP contribution is -2.02. The molecular formula is C59H35N5O. The Labute approximate surface area is 373 Å². The summed E-state index contributed by atoms with van der Waals surface area (Å²) in [6.07, 6.45) is 0. The molecule has 0 aliphatic rings. The second-order valence-corrected chi connectivity index (χ2v) is 16.4. The summed E-state index contributed by atoms with van der Waals surface area (Å²) in [5.74, 6) is 0.509. The van der Waals surface area contributed by atoms with Gasteiger partial charge in [0.1, 0.15) is 17.2 Å². The lowest BCUT2D eigenvalue weighted by Gasteiger charge is -2.14. The first kappa shape index (κ1) is 36.6. The molecule has 0 saturated heterocycles. The molecule has 0 saturated carbocycles. The molecule has 0 bridgehead atoms. The topological polar surface area (TPSA) is 72.6 Å². The van der Waals surface area contributed by atoms with Gasteiger partial charge in [0.25, 0.3) is 0 Å². The Bertz CT molecular complexity index is 3990. The van der Waals surface area contributed by atoms with Gasteiger partial charge >= 0.3 is 0 Å². The lowest BCUT2D eigenvalue weighted by molar-refractivity contribution is 0.666. The molecule has 0 unspecified atom stereocenters. The minimum absolute atomic E-state index is 0.427. The molecule has 4 heterocycles. The summed E-state index contributed by atoms with van der Waals surface area (Å²) in [6.45, 7) is 0. The maximum Gasteiger partial charge on any atom is 0.161 e. The SMILES string of the molecule is N#Cc1c(-c2ccccc2)nc(-c2ccc(-n3c4ccc(-c5ccccc5)cc4c4c5c6ccccc6n(-c6ccccc6)c5ccc43)c3oc4ccccc4c23)nc1-c1ccccc1. The van der Waals surface area contributed by atoms with E-state index in [2.05, 4.69) is 149 Å². The van der Waals surface area contributed by atoms with E-state index in [0.29, 0.717) is 22.8 Å². The predicted octanol–water partition coefficient (Wildman–Crippen LogP) is 15.1. The van der Waals surface area contributed by atoms with E-state index in [9.17, 15) is 5.26 Å². The van der Waals surface area contributed by atoms with Crippen LogP contribution in [0.5, 0.6) is 0 Å². The Morgan fingerprint density at radius 3 is 1.63 bits per heavy atom. The zero-order valence-corrected chi connectivity index (χ0v) is 34.9. The quantitative estimate of drug-likeness (QED) is 0.167. The summed E-state index contributed by atoms with van der Waals surface area (Å²) in [7, 11) is 0.